The van der Waals surface area contributed by atoms with Crippen LogP contribution >= 0.6 is 0 Å². The van der Waals surface area contributed by atoms with Crippen molar-refractivity contribution in [1.29, 1.82) is 0 Å². The molecule has 1 aromatic heterocycles. The van der Waals surface area contributed by atoms with Crippen LogP contribution in [-0.2, 0) is 19.6 Å². The lowest BCUT2D eigenvalue weighted by Gasteiger charge is -2.33. The first-order valence-corrected chi connectivity index (χ1v) is 9.21. The summed E-state index contributed by atoms with van der Waals surface area (Å²) in [5.74, 6) is 0.562. The Morgan fingerprint density at radius 1 is 1.35 bits per heavy atom. The van der Waals surface area contributed by atoms with Crippen LogP contribution in [0, 0.1) is 19.8 Å². The Bertz CT molecular complexity index is 736. The second-order valence-corrected chi connectivity index (χ2v) is 7.26. The van der Waals surface area contributed by atoms with Crippen LogP contribution in [0.4, 0.5) is 4.79 Å². The zero-order valence-electron chi connectivity index (χ0n) is 15.6. The first kappa shape index (κ1) is 18.4. The molecule has 1 aliphatic rings. The Kier molecular flexibility index (Phi) is 5.88. The van der Waals surface area contributed by atoms with Crippen molar-refractivity contribution >= 4 is 6.03 Å². The van der Waals surface area contributed by atoms with Crippen LogP contribution in [0.25, 0.3) is 0 Å². The first-order chi connectivity index (χ1) is 12.5. The van der Waals surface area contributed by atoms with Gasteiger partial charge in [-0.2, -0.15) is 0 Å². The summed E-state index contributed by atoms with van der Waals surface area (Å²) in [4.78, 5) is 13.3. The molecule has 26 heavy (non-hydrogen) atoms. The van der Waals surface area contributed by atoms with Gasteiger partial charge >= 0.3 is 6.03 Å². The van der Waals surface area contributed by atoms with Gasteiger partial charge in [0.05, 0.1) is 12.7 Å². The fraction of sp³-hybridized carbons (Fsp3) is 0.526. The third kappa shape index (κ3) is 4.82. The highest BCUT2D eigenvalue weighted by molar-refractivity contribution is 5.71. The SMILES string of the molecule is Cc1cccc(C)c1CN1CCCC(Cn2cc(CNC(N)=O)nn2)C1. The molecular formula is C19H28N6O. The minimum atomic E-state index is -0.547. The molecule has 2 aromatic rings. The van der Waals surface area contributed by atoms with Crippen LogP contribution in [0.1, 0.15) is 35.2 Å². The quantitative estimate of drug-likeness (QED) is 0.828. The lowest BCUT2D eigenvalue weighted by atomic mass is 9.96. The van der Waals surface area contributed by atoms with Crippen LogP contribution in [0.2, 0.25) is 0 Å². The summed E-state index contributed by atoms with van der Waals surface area (Å²) in [6.07, 6.45) is 4.30. The van der Waals surface area contributed by atoms with Crippen molar-refractivity contribution in [2.75, 3.05) is 13.1 Å². The number of nitrogens with one attached hydrogen (secondary N) is 1. The Labute approximate surface area is 154 Å². The normalized spacial score (nSPS) is 18.0. The number of aryl methyl sites for hydroxylation is 2. The summed E-state index contributed by atoms with van der Waals surface area (Å²) in [5.41, 5.74) is 10.0. The number of urea groups is 1. The maximum Gasteiger partial charge on any atom is 0.312 e. The number of aromatic nitrogens is 3. The van der Waals surface area contributed by atoms with Crippen molar-refractivity contribution in [3.8, 4) is 0 Å². The van der Waals surface area contributed by atoms with Gasteiger partial charge in [-0.1, -0.05) is 23.4 Å². The summed E-state index contributed by atoms with van der Waals surface area (Å²) in [7, 11) is 0. The van der Waals surface area contributed by atoms with E-state index in [0.29, 0.717) is 12.5 Å². The smallest absolute Gasteiger partial charge is 0.312 e. The van der Waals surface area contributed by atoms with Crippen molar-refractivity contribution in [2.45, 2.75) is 46.3 Å². The highest BCUT2D eigenvalue weighted by atomic mass is 16.2. The van der Waals surface area contributed by atoms with E-state index in [2.05, 4.69) is 52.6 Å². The number of amides is 2. The molecule has 2 heterocycles. The Balaban J connectivity index is 1.56. The number of nitrogens with two attached hydrogens (primary N) is 1. The standard InChI is InChI=1S/C19H28N6O/c1-14-5-3-6-15(2)18(14)13-24-8-4-7-16(10-24)11-25-12-17(22-23-25)9-21-19(20)26/h3,5-6,12,16H,4,7-11,13H2,1-2H3,(H3,20,21,26). The van der Waals surface area contributed by atoms with Crippen molar-refractivity contribution in [2.24, 2.45) is 11.7 Å². The van der Waals surface area contributed by atoms with Gasteiger partial charge < -0.3 is 11.1 Å². The number of piperidine rings is 1. The van der Waals surface area contributed by atoms with Crippen LogP contribution < -0.4 is 11.1 Å². The van der Waals surface area contributed by atoms with Gasteiger partial charge in [0.15, 0.2) is 0 Å². The predicted molar refractivity (Wildman–Crippen MR) is 100 cm³/mol. The molecule has 1 atom stereocenters. The molecule has 2 amide bonds. The van der Waals surface area contributed by atoms with E-state index in [4.69, 9.17) is 5.73 Å². The van der Waals surface area contributed by atoms with Gasteiger partial charge in [0.1, 0.15) is 5.69 Å². The lowest BCUT2D eigenvalue weighted by molar-refractivity contribution is 0.152. The average Bonchev–Trinajstić information content (AvgIpc) is 3.04. The summed E-state index contributed by atoms with van der Waals surface area (Å²) < 4.78 is 1.88. The molecule has 3 N–H and O–H groups in total. The van der Waals surface area contributed by atoms with Crippen LogP contribution in [0.3, 0.4) is 0 Å². The van der Waals surface area contributed by atoms with Crippen molar-refractivity contribution in [1.82, 2.24) is 25.2 Å². The van der Waals surface area contributed by atoms with Gasteiger partial charge in [0.25, 0.3) is 0 Å². The molecule has 1 aliphatic heterocycles. The van der Waals surface area contributed by atoms with Gasteiger partial charge in [0, 0.05) is 19.6 Å². The number of primary amides is 1. The van der Waals surface area contributed by atoms with Gasteiger partial charge in [-0.05, 0) is 55.8 Å². The van der Waals surface area contributed by atoms with Gasteiger partial charge in [0.2, 0.25) is 0 Å². The summed E-state index contributed by atoms with van der Waals surface area (Å²) in [6, 6.07) is 5.97. The molecule has 7 nitrogen and oxygen atoms in total. The second kappa shape index (κ2) is 8.31. The molecule has 3 rings (SSSR count). The van der Waals surface area contributed by atoms with E-state index in [1.807, 2.05) is 10.9 Å². The van der Waals surface area contributed by atoms with E-state index in [1.54, 1.807) is 0 Å². The van der Waals surface area contributed by atoms with Crippen molar-refractivity contribution in [3.05, 3.63) is 46.8 Å². The number of hydrogen-bond acceptors (Lipinski definition) is 4. The molecule has 0 radical (unpaired) electrons. The van der Waals surface area contributed by atoms with E-state index in [-0.39, 0.29) is 0 Å². The van der Waals surface area contributed by atoms with Gasteiger partial charge in [-0.25, -0.2) is 4.79 Å². The summed E-state index contributed by atoms with van der Waals surface area (Å²) in [6.45, 7) is 8.80. The fourth-order valence-electron chi connectivity index (χ4n) is 3.72. The third-order valence-corrected chi connectivity index (χ3v) is 5.10. The van der Waals surface area contributed by atoms with E-state index >= 15 is 0 Å². The first-order valence-electron chi connectivity index (χ1n) is 9.21. The van der Waals surface area contributed by atoms with Crippen molar-refractivity contribution in [3.63, 3.8) is 0 Å². The molecule has 1 aromatic carbocycles. The molecule has 1 unspecified atom stereocenters. The van der Waals surface area contributed by atoms with E-state index in [1.165, 1.54) is 29.5 Å². The Morgan fingerprint density at radius 3 is 2.85 bits per heavy atom. The van der Waals surface area contributed by atoms with Crippen LogP contribution in [-0.4, -0.2) is 39.0 Å². The Hall–Kier alpha value is -2.41. The number of benzene rings is 1. The minimum Gasteiger partial charge on any atom is -0.352 e. The second-order valence-electron chi connectivity index (χ2n) is 7.26. The molecule has 140 valence electrons. The number of nitrogens with zero attached hydrogens (tertiary/aromatic N) is 4. The average molecular weight is 356 g/mol. The molecule has 1 saturated heterocycles. The van der Waals surface area contributed by atoms with Crippen LogP contribution in [0.5, 0.6) is 0 Å². The molecule has 0 spiro atoms. The zero-order valence-corrected chi connectivity index (χ0v) is 15.6. The van der Waals surface area contributed by atoms with Crippen LogP contribution in [0.15, 0.2) is 24.4 Å². The zero-order chi connectivity index (χ0) is 18.5. The molecule has 0 bridgehead atoms. The number of hydrogen-bond donors (Lipinski definition) is 2. The maximum atomic E-state index is 10.8. The molecule has 1 fully saturated rings. The van der Waals surface area contributed by atoms with E-state index < -0.39 is 6.03 Å². The minimum absolute atomic E-state index is 0.318. The summed E-state index contributed by atoms with van der Waals surface area (Å²) in [5, 5.41) is 10.8. The number of likely N-dealkylation sites (tertiary alicyclic amines) is 1. The fourth-order valence-corrected chi connectivity index (χ4v) is 3.72. The number of carbonyl (C=O) groups excluding carboxylic acids is 1. The van der Waals surface area contributed by atoms with E-state index in [9.17, 15) is 4.79 Å². The van der Waals surface area contributed by atoms with Crippen molar-refractivity contribution < 1.29 is 4.79 Å². The summed E-state index contributed by atoms with van der Waals surface area (Å²) >= 11 is 0. The Morgan fingerprint density at radius 2 is 2.12 bits per heavy atom. The monoisotopic (exact) mass is 356 g/mol. The maximum absolute atomic E-state index is 10.8. The topological polar surface area (TPSA) is 89.1 Å². The molecule has 7 heteroatoms. The lowest BCUT2D eigenvalue weighted by Crippen LogP contribution is -2.37. The number of carbonyl (C=O) groups is 1. The van der Waals surface area contributed by atoms with Gasteiger partial charge in [-0.3, -0.25) is 9.58 Å². The predicted octanol–water partition coefficient (Wildman–Crippen LogP) is 1.98. The highest BCUT2D eigenvalue weighted by Gasteiger charge is 2.21. The number of rotatable bonds is 6. The molecular weight excluding hydrogens is 328 g/mol. The molecule has 0 saturated carbocycles. The van der Waals surface area contributed by atoms with Gasteiger partial charge in [-0.15, -0.1) is 5.10 Å². The third-order valence-electron chi connectivity index (χ3n) is 5.10. The van der Waals surface area contributed by atoms with E-state index in [0.717, 1.165) is 31.9 Å². The molecule has 0 aliphatic carbocycles. The largest absolute Gasteiger partial charge is 0.352 e. The highest BCUT2D eigenvalue weighted by Crippen LogP contribution is 2.22.